The summed E-state index contributed by atoms with van der Waals surface area (Å²) in [4.78, 5) is 0. The number of hydrogen-bond acceptors (Lipinski definition) is 3. The number of benzene rings is 1. The van der Waals surface area contributed by atoms with Crippen LogP contribution in [-0.4, -0.2) is 14.3 Å². The molecule has 96 valence electrons. The van der Waals surface area contributed by atoms with E-state index in [4.69, 9.17) is 5.73 Å². The van der Waals surface area contributed by atoms with Crippen LogP contribution in [-0.2, 0) is 10.2 Å². The summed E-state index contributed by atoms with van der Waals surface area (Å²) in [6.45, 7) is 4.38. The lowest BCUT2D eigenvalue weighted by Gasteiger charge is -2.19. The second-order valence-electron chi connectivity index (χ2n) is 5.57. The Morgan fingerprint density at radius 2 is 2.11 bits per heavy atom. The van der Waals surface area contributed by atoms with Crippen LogP contribution < -0.4 is 10.5 Å². The van der Waals surface area contributed by atoms with Gasteiger partial charge in [0.25, 0.3) is 0 Å². The Labute approximate surface area is 106 Å². The molecule has 1 fully saturated rings. The number of nitrogens with zero attached hydrogens (tertiary/aromatic N) is 1. The largest absolute Gasteiger partial charge is 0.382 e. The molecule has 1 aliphatic carbocycles. The van der Waals surface area contributed by atoms with E-state index in [1.54, 1.807) is 6.07 Å². The fourth-order valence-electron chi connectivity index (χ4n) is 2.57. The van der Waals surface area contributed by atoms with Crippen LogP contribution in [0.5, 0.6) is 0 Å². The number of rotatable bonds is 1. The van der Waals surface area contributed by atoms with Crippen molar-refractivity contribution in [1.82, 2.24) is 0 Å². The number of amidine groups is 1. The topological polar surface area (TPSA) is 84.5 Å². The molecule has 3 N–H and O–H groups in total. The third-order valence-electron chi connectivity index (χ3n) is 3.70. The molecule has 1 aromatic rings. The van der Waals surface area contributed by atoms with E-state index >= 15 is 0 Å². The highest BCUT2D eigenvalue weighted by Gasteiger charge is 2.48. The van der Waals surface area contributed by atoms with E-state index in [1.807, 2.05) is 12.1 Å². The van der Waals surface area contributed by atoms with Crippen molar-refractivity contribution < 1.29 is 8.42 Å². The van der Waals surface area contributed by atoms with Crippen molar-refractivity contribution in [1.29, 1.82) is 0 Å². The Kier molecular flexibility index (Phi) is 2.09. The van der Waals surface area contributed by atoms with Gasteiger partial charge in [0.05, 0.1) is 5.69 Å². The predicted molar refractivity (Wildman–Crippen MR) is 70.8 cm³/mol. The summed E-state index contributed by atoms with van der Waals surface area (Å²) in [5, 5.41) is 0. The summed E-state index contributed by atoms with van der Waals surface area (Å²) in [6, 6.07) is 5.57. The molecule has 0 radical (unpaired) electrons. The van der Waals surface area contributed by atoms with Crippen molar-refractivity contribution in [3.05, 3.63) is 29.3 Å². The Morgan fingerprint density at radius 3 is 2.72 bits per heavy atom. The minimum Gasteiger partial charge on any atom is -0.382 e. The maximum atomic E-state index is 11.5. The normalized spacial score (nSPS) is 26.8. The minimum atomic E-state index is -3.68. The van der Waals surface area contributed by atoms with Gasteiger partial charge in [-0.3, -0.25) is 4.72 Å². The van der Waals surface area contributed by atoms with E-state index < -0.39 is 10.2 Å². The molecule has 5 nitrogen and oxygen atoms in total. The van der Waals surface area contributed by atoms with Gasteiger partial charge < -0.3 is 5.73 Å². The number of fused-ring (bicyclic) bond motifs is 1. The summed E-state index contributed by atoms with van der Waals surface area (Å²) in [7, 11) is -3.68. The van der Waals surface area contributed by atoms with Crippen LogP contribution in [0.4, 0.5) is 5.69 Å². The fraction of sp³-hybridized carbons (Fsp3) is 0.417. The molecular formula is C12H15N3O2S. The second kappa shape index (κ2) is 3.26. The maximum absolute atomic E-state index is 11.5. The smallest absolute Gasteiger partial charge is 0.344 e. The first kappa shape index (κ1) is 11.5. The molecule has 6 heteroatoms. The molecule has 1 heterocycles. The van der Waals surface area contributed by atoms with Crippen LogP contribution in [0.3, 0.4) is 0 Å². The first-order chi connectivity index (χ1) is 8.30. The van der Waals surface area contributed by atoms with Crippen LogP contribution in [0.25, 0.3) is 0 Å². The summed E-state index contributed by atoms with van der Waals surface area (Å²) in [5.74, 6) is 0.505. The van der Waals surface area contributed by atoms with Gasteiger partial charge in [-0.15, -0.1) is 4.40 Å². The third kappa shape index (κ3) is 1.68. The molecule has 0 saturated heterocycles. The van der Waals surface area contributed by atoms with Crippen LogP contribution in [0.1, 0.15) is 37.3 Å². The van der Waals surface area contributed by atoms with E-state index in [9.17, 15) is 8.42 Å². The average Bonchev–Trinajstić information content (AvgIpc) is 2.84. The highest BCUT2D eigenvalue weighted by molar-refractivity contribution is 7.91. The van der Waals surface area contributed by atoms with Crippen LogP contribution in [0, 0.1) is 5.41 Å². The average molecular weight is 265 g/mol. The highest BCUT2D eigenvalue weighted by Crippen LogP contribution is 2.59. The lowest BCUT2D eigenvalue weighted by Crippen LogP contribution is -2.27. The number of anilines is 1. The Balaban J connectivity index is 2.17. The first-order valence-electron chi connectivity index (χ1n) is 5.82. The molecule has 1 saturated carbocycles. The fourth-order valence-corrected chi connectivity index (χ4v) is 3.41. The summed E-state index contributed by atoms with van der Waals surface area (Å²) < 4.78 is 28.9. The van der Waals surface area contributed by atoms with Crippen molar-refractivity contribution in [2.45, 2.75) is 26.2 Å². The number of nitrogens with one attached hydrogen (secondary N) is 1. The molecule has 0 amide bonds. The zero-order valence-corrected chi connectivity index (χ0v) is 11.1. The second-order valence-corrected chi connectivity index (χ2v) is 6.91. The van der Waals surface area contributed by atoms with Gasteiger partial charge in [-0.05, 0) is 29.4 Å². The molecule has 18 heavy (non-hydrogen) atoms. The SMILES string of the molecule is CC1(C)CC1c1cccc2c1C(N)=NS(=O)(=O)N2. The predicted octanol–water partition coefficient (Wildman–Crippen LogP) is 1.58. The molecule has 1 atom stereocenters. The molecule has 3 rings (SSSR count). The molecule has 0 spiro atoms. The number of hydrogen-bond donors (Lipinski definition) is 2. The lowest BCUT2D eigenvalue weighted by atomic mass is 9.96. The standard InChI is InChI=1S/C12H15N3O2S/c1-12(2)6-8(12)7-4-3-5-9-10(7)11(13)15-18(16,17)14-9/h3-5,8,14H,6H2,1-2H3,(H2,13,15). The van der Waals surface area contributed by atoms with Gasteiger partial charge in [0.15, 0.2) is 0 Å². The minimum absolute atomic E-state index is 0.0852. The van der Waals surface area contributed by atoms with Crippen molar-refractivity contribution in [2.24, 2.45) is 15.5 Å². The molecule has 0 bridgehead atoms. The van der Waals surface area contributed by atoms with E-state index in [0.717, 1.165) is 17.5 Å². The lowest BCUT2D eigenvalue weighted by molar-refractivity contribution is 0.602. The highest BCUT2D eigenvalue weighted by atomic mass is 32.2. The molecule has 2 aliphatic rings. The van der Waals surface area contributed by atoms with Gasteiger partial charge in [0.2, 0.25) is 0 Å². The van der Waals surface area contributed by atoms with Gasteiger partial charge in [0, 0.05) is 5.56 Å². The van der Waals surface area contributed by atoms with Gasteiger partial charge in [-0.1, -0.05) is 26.0 Å². The Morgan fingerprint density at radius 1 is 1.44 bits per heavy atom. The van der Waals surface area contributed by atoms with Gasteiger partial charge >= 0.3 is 10.2 Å². The molecule has 1 unspecified atom stereocenters. The molecule has 1 aliphatic heterocycles. The van der Waals surface area contributed by atoms with E-state index in [0.29, 0.717) is 11.6 Å². The zero-order chi connectivity index (χ0) is 13.1. The van der Waals surface area contributed by atoms with Crippen LogP contribution in [0.2, 0.25) is 0 Å². The Hall–Kier alpha value is -1.56. The van der Waals surface area contributed by atoms with Crippen LogP contribution in [0.15, 0.2) is 22.6 Å². The number of nitrogens with two attached hydrogens (primary N) is 1. The van der Waals surface area contributed by atoms with Gasteiger partial charge in [0.1, 0.15) is 5.84 Å². The van der Waals surface area contributed by atoms with E-state index in [-0.39, 0.29) is 11.3 Å². The first-order valence-corrected chi connectivity index (χ1v) is 7.26. The summed E-state index contributed by atoms with van der Waals surface area (Å²) in [6.07, 6.45) is 1.09. The molecular weight excluding hydrogens is 250 g/mol. The van der Waals surface area contributed by atoms with Crippen LogP contribution >= 0.6 is 0 Å². The van der Waals surface area contributed by atoms with E-state index in [1.165, 1.54) is 0 Å². The van der Waals surface area contributed by atoms with Gasteiger partial charge in [-0.25, -0.2) is 0 Å². The zero-order valence-electron chi connectivity index (χ0n) is 10.3. The van der Waals surface area contributed by atoms with E-state index in [2.05, 4.69) is 23.0 Å². The molecule has 1 aromatic carbocycles. The van der Waals surface area contributed by atoms with Crippen molar-refractivity contribution in [3.63, 3.8) is 0 Å². The third-order valence-corrected chi connectivity index (χ3v) is 4.61. The summed E-state index contributed by atoms with van der Waals surface area (Å²) in [5.41, 5.74) is 8.42. The maximum Gasteiger partial charge on any atom is 0.344 e. The molecule has 0 aromatic heterocycles. The van der Waals surface area contributed by atoms with Gasteiger partial charge in [-0.2, -0.15) is 8.42 Å². The monoisotopic (exact) mass is 265 g/mol. The van der Waals surface area contributed by atoms with Crippen molar-refractivity contribution in [2.75, 3.05) is 4.72 Å². The summed E-state index contributed by atoms with van der Waals surface area (Å²) >= 11 is 0. The quantitative estimate of drug-likeness (QED) is 0.808. The van der Waals surface area contributed by atoms with Crippen molar-refractivity contribution >= 4 is 21.7 Å². The Bertz CT molecular complexity index is 662. The van der Waals surface area contributed by atoms with Crippen molar-refractivity contribution in [3.8, 4) is 0 Å².